The lowest BCUT2D eigenvalue weighted by atomic mass is 9.91. The van der Waals surface area contributed by atoms with E-state index in [9.17, 15) is 13.2 Å². The molecule has 1 aliphatic rings. The Morgan fingerprint density at radius 1 is 1.16 bits per heavy atom. The molecule has 1 saturated carbocycles. The Morgan fingerprint density at radius 2 is 1.74 bits per heavy atom. The van der Waals surface area contributed by atoms with Gasteiger partial charge in [-0.25, -0.2) is 0 Å². The molecule has 1 unspecified atom stereocenters. The van der Waals surface area contributed by atoms with Crippen molar-refractivity contribution in [2.45, 2.75) is 63.6 Å². The van der Waals surface area contributed by atoms with E-state index in [1.807, 2.05) is 14.0 Å². The molecule has 2 nitrogen and oxygen atoms in total. The van der Waals surface area contributed by atoms with Crippen molar-refractivity contribution in [3.05, 3.63) is 0 Å². The Bertz CT molecular complexity index is 262. The van der Waals surface area contributed by atoms with Crippen molar-refractivity contribution in [1.82, 2.24) is 4.90 Å². The van der Waals surface area contributed by atoms with Crippen molar-refractivity contribution >= 4 is 0 Å². The van der Waals surface area contributed by atoms with Crippen molar-refractivity contribution in [2.24, 2.45) is 11.7 Å². The van der Waals surface area contributed by atoms with E-state index in [0.29, 0.717) is 18.9 Å². The zero-order valence-corrected chi connectivity index (χ0v) is 12.1. The fraction of sp³-hybridized carbons (Fsp3) is 1.00. The van der Waals surface area contributed by atoms with Crippen LogP contribution in [0.2, 0.25) is 0 Å². The lowest BCUT2D eigenvalue weighted by molar-refractivity contribution is -0.136. The smallest absolute Gasteiger partial charge is 0.329 e. The van der Waals surface area contributed by atoms with E-state index < -0.39 is 12.6 Å². The van der Waals surface area contributed by atoms with Gasteiger partial charge in [-0.3, -0.25) is 4.90 Å². The van der Waals surface area contributed by atoms with E-state index in [1.54, 1.807) is 0 Å². The Balaban J connectivity index is 2.42. The minimum atomic E-state index is -4.06. The van der Waals surface area contributed by atoms with Gasteiger partial charge in [-0.15, -0.1) is 0 Å². The summed E-state index contributed by atoms with van der Waals surface area (Å²) >= 11 is 0. The highest BCUT2D eigenvalue weighted by atomic mass is 19.4. The summed E-state index contributed by atoms with van der Waals surface area (Å²) in [5.74, 6) is 0.693. The zero-order valence-electron chi connectivity index (χ0n) is 12.1. The number of hydrogen-bond donors (Lipinski definition) is 1. The molecule has 1 atom stereocenters. The number of likely N-dealkylation sites (N-methyl/N-ethyl adjacent to an activating group) is 1. The van der Waals surface area contributed by atoms with Crippen LogP contribution in [0.15, 0.2) is 0 Å². The highest BCUT2D eigenvalue weighted by Crippen LogP contribution is 2.30. The van der Waals surface area contributed by atoms with Crippen molar-refractivity contribution < 1.29 is 13.2 Å². The summed E-state index contributed by atoms with van der Waals surface area (Å²) in [5, 5.41) is 0. The van der Waals surface area contributed by atoms with E-state index in [1.165, 1.54) is 25.7 Å². The van der Waals surface area contributed by atoms with Gasteiger partial charge in [0.1, 0.15) is 0 Å². The van der Waals surface area contributed by atoms with Crippen molar-refractivity contribution in [3.8, 4) is 0 Å². The van der Waals surface area contributed by atoms with Gasteiger partial charge in [0.25, 0.3) is 0 Å². The predicted molar refractivity (Wildman–Crippen MR) is 72.0 cm³/mol. The van der Waals surface area contributed by atoms with Gasteiger partial charge in [-0.05, 0) is 45.6 Å². The van der Waals surface area contributed by atoms with Crippen molar-refractivity contribution in [1.29, 1.82) is 0 Å². The zero-order chi connectivity index (χ0) is 14.5. The molecule has 1 fully saturated rings. The maximum absolute atomic E-state index is 12.2. The predicted octanol–water partition coefficient (Wildman–Crippen LogP) is 3.56. The maximum Gasteiger partial charge on any atom is 0.389 e. The fourth-order valence-electron chi connectivity index (χ4n) is 2.92. The standard InChI is InChI=1S/C14H27F3N2/c1-13(11-18,8-5-9-14(15,16)17)19(2)10-12-6-3-4-7-12/h12H,3-11,18H2,1-2H3. The minimum Gasteiger partial charge on any atom is -0.329 e. The normalized spacial score (nSPS) is 21.0. The van der Waals surface area contributed by atoms with Crippen molar-refractivity contribution in [2.75, 3.05) is 20.1 Å². The van der Waals surface area contributed by atoms with E-state index in [-0.39, 0.29) is 12.0 Å². The highest BCUT2D eigenvalue weighted by Gasteiger charge is 2.32. The van der Waals surface area contributed by atoms with E-state index in [4.69, 9.17) is 5.73 Å². The number of rotatable bonds is 7. The molecular formula is C14H27F3N2. The molecule has 0 bridgehead atoms. The number of alkyl halides is 3. The number of hydrogen-bond acceptors (Lipinski definition) is 2. The van der Waals surface area contributed by atoms with Gasteiger partial charge in [0, 0.05) is 25.0 Å². The molecule has 114 valence electrons. The molecule has 0 heterocycles. The minimum absolute atomic E-state index is 0.159. The Kier molecular flexibility index (Phi) is 6.12. The molecule has 0 aliphatic heterocycles. The fourth-order valence-corrected chi connectivity index (χ4v) is 2.92. The molecule has 5 heteroatoms. The SMILES string of the molecule is CN(CC1CCCC1)C(C)(CN)CCCC(F)(F)F. The molecule has 0 amide bonds. The van der Waals surface area contributed by atoms with Gasteiger partial charge < -0.3 is 5.73 Å². The molecule has 0 aromatic heterocycles. The lowest BCUT2D eigenvalue weighted by Crippen LogP contribution is -2.51. The van der Waals surface area contributed by atoms with Crippen LogP contribution in [-0.2, 0) is 0 Å². The average Bonchev–Trinajstić information content (AvgIpc) is 2.79. The first kappa shape index (κ1) is 16.8. The maximum atomic E-state index is 12.2. The molecule has 1 aliphatic carbocycles. The Morgan fingerprint density at radius 3 is 2.21 bits per heavy atom. The van der Waals surface area contributed by atoms with E-state index >= 15 is 0 Å². The van der Waals surface area contributed by atoms with Crippen LogP contribution >= 0.6 is 0 Å². The summed E-state index contributed by atoms with van der Waals surface area (Å²) in [6.07, 6.45) is 0.955. The summed E-state index contributed by atoms with van der Waals surface area (Å²) in [4.78, 5) is 2.18. The van der Waals surface area contributed by atoms with E-state index in [0.717, 1.165) is 6.54 Å². The number of halogens is 3. The van der Waals surface area contributed by atoms with Crippen LogP contribution in [0, 0.1) is 5.92 Å². The van der Waals surface area contributed by atoms with Gasteiger partial charge in [0.05, 0.1) is 0 Å². The molecule has 2 N–H and O–H groups in total. The lowest BCUT2D eigenvalue weighted by Gasteiger charge is -2.39. The molecule has 19 heavy (non-hydrogen) atoms. The van der Waals surface area contributed by atoms with Gasteiger partial charge >= 0.3 is 6.18 Å². The van der Waals surface area contributed by atoms with Crippen LogP contribution in [0.3, 0.4) is 0 Å². The quantitative estimate of drug-likeness (QED) is 0.772. The summed E-state index contributed by atoms with van der Waals surface area (Å²) in [6.45, 7) is 3.35. The molecule has 0 aromatic rings. The third-order valence-corrected chi connectivity index (χ3v) is 4.54. The molecule has 0 aromatic carbocycles. The second-order valence-corrected chi connectivity index (χ2v) is 6.20. The first-order valence-electron chi connectivity index (χ1n) is 7.25. The van der Waals surface area contributed by atoms with Crippen molar-refractivity contribution in [3.63, 3.8) is 0 Å². The largest absolute Gasteiger partial charge is 0.389 e. The van der Waals surface area contributed by atoms with Crippen LogP contribution < -0.4 is 5.73 Å². The average molecular weight is 280 g/mol. The van der Waals surface area contributed by atoms with Crippen LogP contribution in [0.25, 0.3) is 0 Å². The summed E-state index contributed by atoms with van der Waals surface area (Å²) in [5.41, 5.74) is 5.50. The topological polar surface area (TPSA) is 29.3 Å². The molecule has 0 radical (unpaired) electrons. The van der Waals surface area contributed by atoms with Crippen LogP contribution in [0.1, 0.15) is 51.9 Å². The first-order chi connectivity index (χ1) is 8.77. The van der Waals surface area contributed by atoms with E-state index in [2.05, 4.69) is 4.90 Å². The Labute approximate surface area is 114 Å². The number of nitrogens with two attached hydrogens (primary N) is 1. The monoisotopic (exact) mass is 280 g/mol. The summed E-state index contributed by atoms with van der Waals surface area (Å²) in [7, 11) is 2.00. The number of nitrogens with zero attached hydrogens (tertiary/aromatic N) is 1. The van der Waals surface area contributed by atoms with Gasteiger partial charge in [-0.2, -0.15) is 13.2 Å². The van der Waals surface area contributed by atoms with Crippen LogP contribution in [0.4, 0.5) is 13.2 Å². The second-order valence-electron chi connectivity index (χ2n) is 6.20. The van der Waals surface area contributed by atoms with Gasteiger partial charge in [0.15, 0.2) is 0 Å². The second kappa shape index (κ2) is 6.93. The third kappa shape index (κ3) is 5.69. The van der Waals surface area contributed by atoms with Crippen LogP contribution in [0.5, 0.6) is 0 Å². The Hall–Kier alpha value is -0.290. The summed E-state index contributed by atoms with van der Waals surface area (Å²) in [6, 6.07) is 0. The first-order valence-corrected chi connectivity index (χ1v) is 7.25. The molecule has 0 spiro atoms. The summed E-state index contributed by atoms with van der Waals surface area (Å²) < 4.78 is 36.7. The van der Waals surface area contributed by atoms with Gasteiger partial charge in [0.2, 0.25) is 0 Å². The third-order valence-electron chi connectivity index (χ3n) is 4.54. The molecular weight excluding hydrogens is 253 g/mol. The molecule has 1 rings (SSSR count). The van der Waals surface area contributed by atoms with Crippen LogP contribution in [-0.4, -0.2) is 36.8 Å². The molecule has 0 saturated heterocycles. The highest BCUT2D eigenvalue weighted by molar-refractivity contribution is 4.87. The van der Waals surface area contributed by atoms with Gasteiger partial charge in [-0.1, -0.05) is 12.8 Å².